The molecule has 124 valence electrons. The molecule has 0 aliphatic carbocycles. The molecule has 2 rings (SSSR count). The number of likely N-dealkylation sites (tertiary alicyclic amines) is 1. The Hall–Kier alpha value is -2.57. The van der Waals surface area contributed by atoms with E-state index >= 15 is 0 Å². The minimum Gasteiger partial charge on any atom is -0.484 e. The average Bonchev–Trinajstić information content (AvgIpc) is 3.04. The summed E-state index contributed by atoms with van der Waals surface area (Å²) in [6.07, 6.45) is 1.52. The van der Waals surface area contributed by atoms with Gasteiger partial charge < -0.3 is 20.7 Å². The normalized spacial score (nSPS) is 16.9. The van der Waals surface area contributed by atoms with E-state index in [4.69, 9.17) is 10.5 Å². The summed E-state index contributed by atoms with van der Waals surface area (Å²) in [5.74, 6) is -0.332. The predicted octanol–water partition coefficient (Wildman–Crippen LogP) is 0.0480. The van der Waals surface area contributed by atoms with Crippen LogP contribution in [-0.4, -0.2) is 48.4 Å². The topological polar surface area (TPSA) is 102 Å². The van der Waals surface area contributed by atoms with Gasteiger partial charge in [-0.15, -0.1) is 0 Å². The first kappa shape index (κ1) is 16.8. The Morgan fingerprint density at radius 3 is 2.70 bits per heavy atom. The minimum atomic E-state index is -0.514. The van der Waals surface area contributed by atoms with Crippen molar-refractivity contribution in [3.8, 4) is 5.75 Å². The van der Waals surface area contributed by atoms with Gasteiger partial charge in [-0.25, -0.2) is 0 Å². The minimum absolute atomic E-state index is 0.105. The second-order valence-corrected chi connectivity index (χ2v) is 5.35. The zero-order valence-electron chi connectivity index (χ0n) is 12.9. The molecule has 1 aliphatic heterocycles. The molecule has 7 heteroatoms. The fourth-order valence-corrected chi connectivity index (χ4v) is 2.53. The molecular formula is C16H21N3O4. The molecule has 1 aromatic carbocycles. The van der Waals surface area contributed by atoms with Crippen molar-refractivity contribution in [3.05, 3.63) is 30.3 Å². The van der Waals surface area contributed by atoms with Gasteiger partial charge in [0.15, 0.2) is 6.61 Å². The van der Waals surface area contributed by atoms with E-state index in [-0.39, 0.29) is 31.4 Å². The predicted molar refractivity (Wildman–Crippen MR) is 83.5 cm³/mol. The molecule has 0 aromatic heterocycles. The third-order valence-corrected chi connectivity index (χ3v) is 3.68. The molecule has 0 saturated carbocycles. The highest BCUT2D eigenvalue weighted by atomic mass is 16.5. The number of carbonyl (C=O) groups excluding carboxylic acids is 3. The molecule has 1 aliphatic rings. The Balaban J connectivity index is 1.67. The molecule has 23 heavy (non-hydrogen) atoms. The number of ether oxygens (including phenoxy) is 1. The Bertz CT molecular complexity index is 562. The lowest BCUT2D eigenvalue weighted by atomic mass is 10.2. The largest absolute Gasteiger partial charge is 0.484 e. The maximum Gasteiger partial charge on any atom is 0.257 e. The average molecular weight is 319 g/mol. The molecular weight excluding hydrogens is 298 g/mol. The molecule has 3 amide bonds. The van der Waals surface area contributed by atoms with Crippen LogP contribution in [0.3, 0.4) is 0 Å². The standard InChI is InChI=1S/C16H21N3O4/c17-16(22)13-7-4-10-19(13)15(21)8-9-18-14(20)11-23-12-5-2-1-3-6-12/h1-3,5-6,13H,4,7-11H2,(H2,17,22)(H,18,20). The number of carbonyl (C=O) groups is 3. The number of benzene rings is 1. The highest BCUT2D eigenvalue weighted by Crippen LogP contribution is 2.17. The molecule has 1 aromatic rings. The fraction of sp³-hybridized carbons (Fsp3) is 0.438. The number of nitrogens with two attached hydrogens (primary N) is 1. The molecule has 7 nitrogen and oxygen atoms in total. The number of para-hydroxylation sites is 1. The molecule has 1 unspecified atom stereocenters. The number of nitrogens with zero attached hydrogens (tertiary/aromatic N) is 1. The Morgan fingerprint density at radius 2 is 2.00 bits per heavy atom. The van der Waals surface area contributed by atoms with Crippen molar-refractivity contribution >= 4 is 17.7 Å². The second kappa shape index (κ2) is 8.17. The summed E-state index contributed by atoms with van der Waals surface area (Å²) < 4.78 is 5.31. The van der Waals surface area contributed by atoms with Crippen LogP contribution in [0.2, 0.25) is 0 Å². The molecule has 0 radical (unpaired) electrons. The second-order valence-electron chi connectivity index (χ2n) is 5.35. The summed E-state index contributed by atoms with van der Waals surface area (Å²) in [6, 6.07) is 8.49. The van der Waals surface area contributed by atoms with Gasteiger partial charge >= 0.3 is 0 Å². The zero-order valence-corrected chi connectivity index (χ0v) is 12.9. The highest BCUT2D eigenvalue weighted by Gasteiger charge is 2.32. The van der Waals surface area contributed by atoms with Crippen molar-refractivity contribution in [2.24, 2.45) is 5.73 Å². The van der Waals surface area contributed by atoms with Gasteiger partial charge in [-0.05, 0) is 25.0 Å². The van der Waals surface area contributed by atoms with Crippen LogP contribution < -0.4 is 15.8 Å². The van der Waals surface area contributed by atoms with E-state index in [2.05, 4.69) is 5.32 Å². The van der Waals surface area contributed by atoms with Gasteiger partial charge in [-0.1, -0.05) is 18.2 Å². The summed E-state index contributed by atoms with van der Waals surface area (Å²) in [5, 5.41) is 2.62. The molecule has 1 saturated heterocycles. The van der Waals surface area contributed by atoms with E-state index in [0.717, 1.165) is 6.42 Å². The van der Waals surface area contributed by atoms with Crippen molar-refractivity contribution in [2.45, 2.75) is 25.3 Å². The van der Waals surface area contributed by atoms with Gasteiger partial charge in [-0.2, -0.15) is 0 Å². The zero-order chi connectivity index (χ0) is 16.7. The summed E-state index contributed by atoms with van der Waals surface area (Å²) in [5.41, 5.74) is 5.28. The van der Waals surface area contributed by atoms with Gasteiger partial charge in [0.25, 0.3) is 5.91 Å². The van der Waals surface area contributed by atoms with Crippen LogP contribution in [-0.2, 0) is 14.4 Å². The van der Waals surface area contributed by atoms with Crippen LogP contribution in [0.1, 0.15) is 19.3 Å². The van der Waals surface area contributed by atoms with Crippen LogP contribution in [0.5, 0.6) is 5.75 Å². The summed E-state index contributed by atoms with van der Waals surface area (Å²) in [6.45, 7) is 0.640. The first-order valence-corrected chi connectivity index (χ1v) is 7.61. The lowest BCUT2D eigenvalue weighted by Gasteiger charge is -2.22. The third kappa shape index (κ3) is 4.98. The van der Waals surface area contributed by atoms with E-state index in [1.165, 1.54) is 4.90 Å². The Kier molecular flexibility index (Phi) is 5.96. The highest BCUT2D eigenvalue weighted by molar-refractivity contribution is 5.87. The maximum absolute atomic E-state index is 12.1. The van der Waals surface area contributed by atoms with Crippen molar-refractivity contribution in [1.82, 2.24) is 10.2 Å². The van der Waals surface area contributed by atoms with Crippen molar-refractivity contribution < 1.29 is 19.1 Å². The van der Waals surface area contributed by atoms with E-state index in [1.807, 2.05) is 18.2 Å². The van der Waals surface area contributed by atoms with Gasteiger partial charge in [0, 0.05) is 19.5 Å². The van der Waals surface area contributed by atoms with Gasteiger partial charge in [-0.3, -0.25) is 14.4 Å². The van der Waals surface area contributed by atoms with E-state index < -0.39 is 11.9 Å². The Morgan fingerprint density at radius 1 is 1.26 bits per heavy atom. The van der Waals surface area contributed by atoms with Crippen molar-refractivity contribution in [3.63, 3.8) is 0 Å². The number of rotatable bonds is 7. The van der Waals surface area contributed by atoms with Crippen molar-refractivity contribution in [2.75, 3.05) is 19.7 Å². The summed E-state index contributed by atoms with van der Waals surface area (Å²) in [7, 11) is 0. The summed E-state index contributed by atoms with van der Waals surface area (Å²) >= 11 is 0. The number of primary amides is 1. The van der Waals surface area contributed by atoms with Crippen LogP contribution in [0, 0.1) is 0 Å². The molecule has 1 heterocycles. The van der Waals surface area contributed by atoms with Crippen LogP contribution in [0.15, 0.2) is 30.3 Å². The molecule has 1 atom stereocenters. The molecule has 1 fully saturated rings. The lowest BCUT2D eigenvalue weighted by molar-refractivity contribution is -0.137. The van der Waals surface area contributed by atoms with Crippen LogP contribution in [0.25, 0.3) is 0 Å². The first-order valence-electron chi connectivity index (χ1n) is 7.61. The molecule has 0 spiro atoms. The van der Waals surface area contributed by atoms with E-state index in [9.17, 15) is 14.4 Å². The monoisotopic (exact) mass is 319 g/mol. The van der Waals surface area contributed by atoms with Gasteiger partial charge in [0.2, 0.25) is 11.8 Å². The third-order valence-electron chi connectivity index (χ3n) is 3.68. The molecule has 3 N–H and O–H groups in total. The van der Waals surface area contributed by atoms with Crippen LogP contribution >= 0.6 is 0 Å². The number of nitrogens with one attached hydrogen (secondary N) is 1. The maximum atomic E-state index is 12.1. The number of amides is 3. The first-order chi connectivity index (χ1) is 11.1. The van der Waals surface area contributed by atoms with Crippen LogP contribution in [0.4, 0.5) is 0 Å². The van der Waals surface area contributed by atoms with E-state index in [1.54, 1.807) is 12.1 Å². The number of hydrogen-bond donors (Lipinski definition) is 2. The van der Waals surface area contributed by atoms with Gasteiger partial charge in [0.1, 0.15) is 11.8 Å². The fourth-order valence-electron chi connectivity index (χ4n) is 2.53. The SMILES string of the molecule is NC(=O)C1CCCN1C(=O)CCNC(=O)COc1ccccc1. The number of hydrogen-bond acceptors (Lipinski definition) is 4. The van der Waals surface area contributed by atoms with Gasteiger partial charge in [0.05, 0.1) is 0 Å². The van der Waals surface area contributed by atoms with Crippen molar-refractivity contribution in [1.29, 1.82) is 0 Å². The smallest absolute Gasteiger partial charge is 0.257 e. The lowest BCUT2D eigenvalue weighted by Crippen LogP contribution is -2.44. The Labute approximate surface area is 134 Å². The molecule has 0 bridgehead atoms. The van der Waals surface area contributed by atoms with E-state index in [0.29, 0.717) is 18.7 Å². The summed E-state index contributed by atoms with van der Waals surface area (Å²) in [4.78, 5) is 36.5. The quantitative estimate of drug-likeness (QED) is 0.741.